The van der Waals surface area contributed by atoms with Gasteiger partial charge < -0.3 is 4.57 Å². The van der Waals surface area contributed by atoms with Crippen LogP contribution in [-0.4, -0.2) is 14.5 Å². The summed E-state index contributed by atoms with van der Waals surface area (Å²) in [5.41, 5.74) is 0.948. The second-order valence-electron chi connectivity index (χ2n) is 2.53. The van der Waals surface area contributed by atoms with E-state index in [2.05, 4.69) is 9.97 Å². The summed E-state index contributed by atoms with van der Waals surface area (Å²) in [6.45, 7) is 0. The van der Waals surface area contributed by atoms with Crippen molar-refractivity contribution >= 4 is 11.0 Å². The minimum Gasteiger partial charge on any atom is -0.301 e. The van der Waals surface area contributed by atoms with E-state index < -0.39 is 0 Å². The molecule has 0 saturated heterocycles. The predicted octanol–water partition coefficient (Wildman–Crippen LogP) is 0.328. The second-order valence-corrected chi connectivity index (χ2v) is 2.53. The van der Waals surface area contributed by atoms with Gasteiger partial charge in [0.2, 0.25) is 0 Å². The van der Waals surface area contributed by atoms with Gasteiger partial charge in [0.1, 0.15) is 0 Å². The largest absolute Gasteiger partial charge is 0.301 e. The first kappa shape index (κ1) is 6.97. The maximum atomic E-state index is 11.4. The zero-order valence-corrected chi connectivity index (χ0v) is 6.56. The van der Waals surface area contributed by atoms with E-state index >= 15 is 0 Å². The standard InChI is InChI=1S/C8H7N3O/c1-11-5-10-6-3-2-4-9-7(6)8(11)12/h2-5H,1H3. The maximum absolute atomic E-state index is 11.4. The van der Waals surface area contributed by atoms with Crippen molar-refractivity contribution < 1.29 is 0 Å². The first-order valence-corrected chi connectivity index (χ1v) is 3.55. The van der Waals surface area contributed by atoms with Gasteiger partial charge in [-0.25, -0.2) is 9.97 Å². The van der Waals surface area contributed by atoms with Crippen LogP contribution in [-0.2, 0) is 7.05 Å². The molecule has 0 bridgehead atoms. The fraction of sp³-hybridized carbons (Fsp3) is 0.125. The van der Waals surface area contributed by atoms with Crippen molar-refractivity contribution in [3.05, 3.63) is 35.0 Å². The molecular formula is C8H7N3O. The average Bonchev–Trinajstić information content (AvgIpc) is 2.12. The van der Waals surface area contributed by atoms with Crippen LogP contribution in [0.2, 0.25) is 0 Å². The topological polar surface area (TPSA) is 47.8 Å². The third-order valence-corrected chi connectivity index (χ3v) is 1.68. The molecular weight excluding hydrogens is 154 g/mol. The van der Waals surface area contributed by atoms with E-state index in [9.17, 15) is 4.79 Å². The van der Waals surface area contributed by atoms with Gasteiger partial charge in [0.05, 0.1) is 11.8 Å². The normalized spacial score (nSPS) is 10.4. The van der Waals surface area contributed by atoms with Crippen LogP contribution < -0.4 is 5.56 Å². The molecule has 0 aliphatic carbocycles. The highest BCUT2D eigenvalue weighted by atomic mass is 16.1. The van der Waals surface area contributed by atoms with Gasteiger partial charge in [0.25, 0.3) is 5.56 Å². The van der Waals surface area contributed by atoms with Gasteiger partial charge in [-0.15, -0.1) is 0 Å². The van der Waals surface area contributed by atoms with Gasteiger partial charge >= 0.3 is 0 Å². The molecule has 0 saturated carbocycles. The van der Waals surface area contributed by atoms with Crippen LogP contribution in [0.5, 0.6) is 0 Å². The summed E-state index contributed by atoms with van der Waals surface area (Å²) in [5, 5.41) is 0. The first-order chi connectivity index (χ1) is 5.79. The first-order valence-electron chi connectivity index (χ1n) is 3.55. The van der Waals surface area contributed by atoms with E-state index in [4.69, 9.17) is 0 Å². The smallest absolute Gasteiger partial charge is 0.279 e. The number of aryl methyl sites for hydroxylation is 1. The molecule has 0 atom stereocenters. The summed E-state index contributed by atoms with van der Waals surface area (Å²) >= 11 is 0. The molecule has 0 fully saturated rings. The lowest BCUT2D eigenvalue weighted by molar-refractivity contribution is 0.838. The number of fused-ring (bicyclic) bond motifs is 1. The Morgan fingerprint density at radius 2 is 2.25 bits per heavy atom. The maximum Gasteiger partial charge on any atom is 0.279 e. The number of aromatic nitrogens is 3. The highest BCUT2D eigenvalue weighted by Crippen LogP contribution is 1.99. The highest BCUT2D eigenvalue weighted by Gasteiger charge is 1.99. The Balaban J connectivity index is 3.01. The lowest BCUT2D eigenvalue weighted by Crippen LogP contribution is -2.17. The summed E-state index contributed by atoms with van der Waals surface area (Å²) < 4.78 is 1.41. The quantitative estimate of drug-likeness (QED) is 0.559. The Bertz CT molecular complexity index is 475. The summed E-state index contributed by atoms with van der Waals surface area (Å²) in [4.78, 5) is 19.4. The second kappa shape index (κ2) is 2.41. The van der Waals surface area contributed by atoms with Crippen LogP contribution in [0.1, 0.15) is 0 Å². The lowest BCUT2D eigenvalue weighted by Gasteiger charge is -1.97. The van der Waals surface area contributed by atoms with E-state index in [1.54, 1.807) is 25.4 Å². The molecule has 0 aliphatic heterocycles. The third-order valence-electron chi connectivity index (χ3n) is 1.68. The molecule has 2 aromatic rings. The van der Waals surface area contributed by atoms with Crippen LogP contribution in [0.15, 0.2) is 29.5 Å². The van der Waals surface area contributed by atoms with Crippen molar-refractivity contribution in [1.82, 2.24) is 14.5 Å². The van der Waals surface area contributed by atoms with Crippen molar-refractivity contribution in [2.45, 2.75) is 0 Å². The Morgan fingerprint density at radius 3 is 3.08 bits per heavy atom. The molecule has 0 spiro atoms. The van der Waals surface area contributed by atoms with Crippen LogP contribution >= 0.6 is 0 Å². The zero-order valence-electron chi connectivity index (χ0n) is 6.56. The van der Waals surface area contributed by atoms with Crippen molar-refractivity contribution in [1.29, 1.82) is 0 Å². The van der Waals surface area contributed by atoms with E-state index in [0.29, 0.717) is 11.0 Å². The molecule has 0 unspecified atom stereocenters. The minimum absolute atomic E-state index is 0.111. The molecule has 0 N–H and O–H groups in total. The molecule has 60 valence electrons. The van der Waals surface area contributed by atoms with Crippen molar-refractivity contribution in [2.75, 3.05) is 0 Å². The average molecular weight is 161 g/mol. The number of hydrogen-bond acceptors (Lipinski definition) is 3. The van der Waals surface area contributed by atoms with Crippen LogP contribution in [0.4, 0.5) is 0 Å². The van der Waals surface area contributed by atoms with E-state index in [0.717, 1.165) is 0 Å². The molecule has 0 aliphatic rings. The van der Waals surface area contributed by atoms with Crippen LogP contribution in [0.3, 0.4) is 0 Å². The summed E-state index contributed by atoms with van der Waals surface area (Å²) in [7, 11) is 1.66. The third kappa shape index (κ3) is 0.887. The van der Waals surface area contributed by atoms with Crippen molar-refractivity contribution in [2.24, 2.45) is 7.05 Å². The molecule has 2 aromatic heterocycles. The van der Waals surface area contributed by atoms with Gasteiger partial charge in [-0.3, -0.25) is 4.79 Å². The number of nitrogens with zero attached hydrogens (tertiary/aromatic N) is 3. The summed E-state index contributed by atoms with van der Waals surface area (Å²) in [6, 6.07) is 3.53. The molecule has 0 radical (unpaired) electrons. The molecule has 4 nitrogen and oxygen atoms in total. The summed E-state index contributed by atoms with van der Waals surface area (Å²) in [6.07, 6.45) is 3.08. The number of hydrogen-bond donors (Lipinski definition) is 0. The number of rotatable bonds is 0. The zero-order chi connectivity index (χ0) is 8.55. The Labute approximate surface area is 68.5 Å². The van der Waals surface area contributed by atoms with Crippen molar-refractivity contribution in [3.8, 4) is 0 Å². The molecule has 4 heteroatoms. The van der Waals surface area contributed by atoms with Gasteiger partial charge in [-0.2, -0.15) is 0 Å². The lowest BCUT2D eigenvalue weighted by atomic mass is 10.4. The fourth-order valence-corrected chi connectivity index (χ4v) is 1.03. The molecule has 2 heterocycles. The molecule has 12 heavy (non-hydrogen) atoms. The van der Waals surface area contributed by atoms with Gasteiger partial charge in [-0.1, -0.05) is 0 Å². The van der Waals surface area contributed by atoms with E-state index in [1.807, 2.05) is 0 Å². The monoisotopic (exact) mass is 161 g/mol. The molecule has 0 aromatic carbocycles. The summed E-state index contributed by atoms with van der Waals surface area (Å²) in [5.74, 6) is 0. The Hall–Kier alpha value is -1.71. The fourth-order valence-electron chi connectivity index (χ4n) is 1.03. The number of pyridine rings is 1. The van der Waals surface area contributed by atoms with Crippen LogP contribution in [0.25, 0.3) is 11.0 Å². The Kier molecular flexibility index (Phi) is 1.40. The Morgan fingerprint density at radius 1 is 1.42 bits per heavy atom. The highest BCUT2D eigenvalue weighted by molar-refractivity contribution is 5.71. The molecule has 0 amide bonds. The van der Waals surface area contributed by atoms with Crippen molar-refractivity contribution in [3.63, 3.8) is 0 Å². The predicted molar refractivity (Wildman–Crippen MR) is 44.8 cm³/mol. The van der Waals surface area contributed by atoms with Gasteiger partial charge in [0, 0.05) is 13.2 Å². The molecule has 2 rings (SSSR count). The van der Waals surface area contributed by atoms with Gasteiger partial charge in [-0.05, 0) is 12.1 Å². The van der Waals surface area contributed by atoms with Crippen LogP contribution in [0, 0.1) is 0 Å². The van der Waals surface area contributed by atoms with Gasteiger partial charge in [0.15, 0.2) is 5.52 Å². The van der Waals surface area contributed by atoms with E-state index in [1.165, 1.54) is 10.9 Å². The minimum atomic E-state index is -0.111. The van der Waals surface area contributed by atoms with E-state index in [-0.39, 0.29) is 5.56 Å². The SMILES string of the molecule is Cn1cnc2cccnc2c1=O.